The summed E-state index contributed by atoms with van der Waals surface area (Å²) in [6.45, 7) is 2.26. The second kappa shape index (κ2) is 12.6. The van der Waals surface area contributed by atoms with Crippen molar-refractivity contribution in [2.45, 2.75) is 82.9 Å². The van der Waals surface area contributed by atoms with Crippen molar-refractivity contribution in [2.75, 3.05) is 20.1 Å². The first kappa shape index (κ1) is 25.1. The molecule has 32 heavy (non-hydrogen) atoms. The Kier molecular flexibility index (Phi) is 9.87. The molecule has 1 unspecified atom stereocenters. The number of nitrogens with zero attached hydrogens (tertiary/aromatic N) is 3. The van der Waals surface area contributed by atoms with Gasteiger partial charge in [0.05, 0.1) is 0 Å². The molecule has 1 aliphatic heterocycles. The van der Waals surface area contributed by atoms with Gasteiger partial charge in [-0.05, 0) is 50.5 Å². The van der Waals surface area contributed by atoms with Gasteiger partial charge in [0.2, 0.25) is 11.8 Å². The molecule has 1 aromatic heterocycles. The lowest BCUT2D eigenvalue weighted by Gasteiger charge is -2.26. The van der Waals surface area contributed by atoms with Crippen LogP contribution in [0.2, 0.25) is 0 Å². The van der Waals surface area contributed by atoms with E-state index in [-0.39, 0.29) is 35.9 Å². The molecule has 0 aromatic carbocycles. The van der Waals surface area contributed by atoms with Crippen LogP contribution in [0, 0.1) is 5.92 Å². The van der Waals surface area contributed by atoms with Gasteiger partial charge < -0.3 is 20.3 Å². The standard InChI is InChI=1S/C24H37N5O2.HI/c1-25-24(27-16-18-11-12-22(26-15-18)31-21-9-5-6-10-21)28-20-13-14-29(17-20)23(30)19-7-3-2-4-8-19;/h11-12,15,19-21H,2-10,13-14,16-17H2,1H3,(H2,25,27,28);1H. The maximum atomic E-state index is 12.8. The first-order valence-electron chi connectivity index (χ1n) is 12.1. The zero-order chi connectivity index (χ0) is 21.5. The van der Waals surface area contributed by atoms with Gasteiger partial charge in [-0.1, -0.05) is 25.3 Å². The Bertz CT molecular complexity index is 745. The van der Waals surface area contributed by atoms with E-state index in [9.17, 15) is 4.79 Å². The molecule has 2 N–H and O–H groups in total. The van der Waals surface area contributed by atoms with Crippen molar-refractivity contribution in [3.63, 3.8) is 0 Å². The molecule has 7 nitrogen and oxygen atoms in total. The van der Waals surface area contributed by atoms with Crippen LogP contribution in [-0.2, 0) is 11.3 Å². The fourth-order valence-corrected chi connectivity index (χ4v) is 5.02. The monoisotopic (exact) mass is 555 g/mol. The summed E-state index contributed by atoms with van der Waals surface area (Å²) >= 11 is 0. The summed E-state index contributed by atoms with van der Waals surface area (Å²) in [7, 11) is 1.78. The maximum Gasteiger partial charge on any atom is 0.225 e. The maximum absolute atomic E-state index is 12.8. The Morgan fingerprint density at radius 2 is 1.88 bits per heavy atom. The fraction of sp³-hybridized carbons (Fsp3) is 0.708. The predicted molar refractivity (Wildman–Crippen MR) is 137 cm³/mol. The third kappa shape index (κ3) is 6.96. The van der Waals surface area contributed by atoms with E-state index in [0.29, 0.717) is 24.4 Å². The highest BCUT2D eigenvalue weighted by molar-refractivity contribution is 14.0. The minimum absolute atomic E-state index is 0. The van der Waals surface area contributed by atoms with Gasteiger partial charge in [0.15, 0.2) is 5.96 Å². The minimum Gasteiger partial charge on any atom is -0.474 e. The average molecular weight is 556 g/mol. The molecule has 1 atom stereocenters. The van der Waals surface area contributed by atoms with Crippen LogP contribution >= 0.6 is 24.0 Å². The molecule has 4 rings (SSSR count). The Hall–Kier alpha value is -1.58. The van der Waals surface area contributed by atoms with Gasteiger partial charge in [-0.2, -0.15) is 0 Å². The van der Waals surface area contributed by atoms with Gasteiger partial charge in [0.25, 0.3) is 0 Å². The Morgan fingerprint density at radius 1 is 1.12 bits per heavy atom. The molecule has 2 aliphatic carbocycles. The van der Waals surface area contributed by atoms with Crippen molar-refractivity contribution in [2.24, 2.45) is 10.9 Å². The van der Waals surface area contributed by atoms with Crippen LogP contribution in [0.3, 0.4) is 0 Å². The number of halogens is 1. The van der Waals surface area contributed by atoms with E-state index in [2.05, 4.69) is 26.7 Å². The highest BCUT2D eigenvalue weighted by Gasteiger charge is 2.31. The molecule has 0 radical (unpaired) electrons. The van der Waals surface area contributed by atoms with Gasteiger partial charge in [0, 0.05) is 50.9 Å². The van der Waals surface area contributed by atoms with Gasteiger partial charge in [0.1, 0.15) is 6.10 Å². The number of likely N-dealkylation sites (tertiary alicyclic amines) is 1. The van der Waals surface area contributed by atoms with Crippen LogP contribution in [0.4, 0.5) is 0 Å². The van der Waals surface area contributed by atoms with Crippen molar-refractivity contribution in [1.29, 1.82) is 0 Å². The number of aliphatic imine (C=N–C) groups is 1. The summed E-state index contributed by atoms with van der Waals surface area (Å²) in [6.07, 6.45) is 13.8. The summed E-state index contributed by atoms with van der Waals surface area (Å²) < 4.78 is 5.94. The topological polar surface area (TPSA) is 78.9 Å². The summed E-state index contributed by atoms with van der Waals surface area (Å²) in [5, 5.41) is 6.85. The first-order valence-corrected chi connectivity index (χ1v) is 12.1. The lowest BCUT2D eigenvalue weighted by Crippen LogP contribution is -2.45. The third-order valence-electron chi connectivity index (χ3n) is 6.87. The lowest BCUT2D eigenvalue weighted by molar-refractivity contribution is -0.135. The van der Waals surface area contributed by atoms with Gasteiger partial charge >= 0.3 is 0 Å². The number of pyridine rings is 1. The van der Waals surface area contributed by atoms with Crippen LogP contribution < -0.4 is 15.4 Å². The number of ether oxygens (including phenoxy) is 1. The molecule has 0 bridgehead atoms. The van der Waals surface area contributed by atoms with Gasteiger partial charge in [-0.3, -0.25) is 9.79 Å². The molecular formula is C24H38IN5O2. The normalized spacial score (nSPS) is 22.5. The van der Waals surface area contributed by atoms with Gasteiger partial charge in [-0.25, -0.2) is 4.98 Å². The van der Waals surface area contributed by atoms with Crippen LogP contribution in [0.25, 0.3) is 0 Å². The number of hydrogen-bond donors (Lipinski definition) is 2. The number of rotatable bonds is 6. The fourth-order valence-electron chi connectivity index (χ4n) is 5.02. The summed E-state index contributed by atoms with van der Waals surface area (Å²) in [6, 6.07) is 4.26. The summed E-state index contributed by atoms with van der Waals surface area (Å²) in [5.74, 6) is 2.09. The molecule has 3 aliphatic rings. The number of hydrogen-bond acceptors (Lipinski definition) is 4. The molecule has 0 spiro atoms. The molecule has 2 heterocycles. The van der Waals surface area contributed by atoms with Crippen molar-refractivity contribution in [3.8, 4) is 5.88 Å². The summed E-state index contributed by atoms with van der Waals surface area (Å²) in [4.78, 5) is 23.6. The number of carbonyl (C=O) groups is 1. The number of aromatic nitrogens is 1. The highest BCUT2D eigenvalue weighted by atomic mass is 127. The van der Waals surface area contributed by atoms with Crippen LogP contribution in [0.15, 0.2) is 23.3 Å². The van der Waals surface area contributed by atoms with Crippen molar-refractivity contribution in [3.05, 3.63) is 23.9 Å². The largest absolute Gasteiger partial charge is 0.474 e. The SMILES string of the molecule is CN=C(NCc1ccc(OC2CCCC2)nc1)NC1CCN(C(=O)C2CCCCC2)C1.I. The van der Waals surface area contributed by atoms with E-state index in [1.165, 1.54) is 32.1 Å². The van der Waals surface area contributed by atoms with E-state index in [1.54, 1.807) is 7.05 Å². The van der Waals surface area contributed by atoms with E-state index < -0.39 is 0 Å². The molecular weight excluding hydrogens is 517 g/mol. The minimum atomic E-state index is 0. The molecule has 1 amide bonds. The zero-order valence-corrected chi connectivity index (χ0v) is 21.6. The third-order valence-corrected chi connectivity index (χ3v) is 6.87. The molecule has 1 saturated heterocycles. The van der Waals surface area contributed by atoms with E-state index in [4.69, 9.17) is 4.74 Å². The second-order valence-corrected chi connectivity index (χ2v) is 9.20. The molecule has 3 fully saturated rings. The van der Waals surface area contributed by atoms with E-state index in [1.807, 2.05) is 17.2 Å². The molecule has 178 valence electrons. The second-order valence-electron chi connectivity index (χ2n) is 9.20. The zero-order valence-electron chi connectivity index (χ0n) is 19.2. The number of amides is 1. The Labute approximate surface area is 209 Å². The summed E-state index contributed by atoms with van der Waals surface area (Å²) in [5.41, 5.74) is 1.09. The van der Waals surface area contributed by atoms with Gasteiger partial charge in [-0.15, -0.1) is 24.0 Å². The van der Waals surface area contributed by atoms with E-state index >= 15 is 0 Å². The quantitative estimate of drug-likeness (QED) is 0.317. The number of carbonyl (C=O) groups excluding carboxylic acids is 1. The Balaban J connectivity index is 0.00000289. The number of nitrogens with one attached hydrogen (secondary N) is 2. The molecule has 1 aromatic rings. The van der Waals surface area contributed by atoms with Crippen LogP contribution in [0.1, 0.15) is 69.8 Å². The van der Waals surface area contributed by atoms with Crippen molar-refractivity contribution in [1.82, 2.24) is 20.5 Å². The first-order chi connectivity index (χ1) is 15.2. The number of guanidine groups is 1. The average Bonchev–Trinajstić information content (AvgIpc) is 3.50. The molecule has 2 saturated carbocycles. The smallest absolute Gasteiger partial charge is 0.225 e. The highest BCUT2D eigenvalue weighted by Crippen LogP contribution is 2.27. The lowest BCUT2D eigenvalue weighted by atomic mass is 9.88. The van der Waals surface area contributed by atoms with Crippen molar-refractivity contribution >= 4 is 35.8 Å². The van der Waals surface area contributed by atoms with Crippen LogP contribution in [-0.4, -0.2) is 54.0 Å². The Morgan fingerprint density at radius 3 is 2.56 bits per heavy atom. The van der Waals surface area contributed by atoms with E-state index in [0.717, 1.165) is 56.7 Å². The predicted octanol–water partition coefficient (Wildman–Crippen LogP) is 3.87. The van der Waals surface area contributed by atoms with Crippen LogP contribution in [0.5, 0.6) is 5.88 Å². The molecule has 8 heteroatoms. The van der Waals surface area contributed by atoms with Crippen molar-refractivity contribution < 1.29 is 9.53 Å².